The van der Waals surface area contributed by atoms with Crippen molar-refractivity contribution in [3.63, 3.8) is 0 Å². The van der Waals surface area contributed by atoms with Gasteiger partial charge in [0.25, 0.3) is 0 Å². The van der Waals surface area contributed by atoms with E-state index < -0.39 is 0 Å². The zero-order valence-corrected chi connectivity index (χ0v) is 17.1. The standard InChI is InChI=1S/C23H26FN3O2/c1-16-6-4-5-7-21(16)27-14-18(13-26(2)19-10-11-29-15-19)23(25-27)17-8-9-22(28-3)20(24)12-17/h4-9,12,14,19H,10-11,13,15H2,1-3H3/t19-/m1/s1. The number of rotatable bonds is 6. The van der Waals surface area contributed by atoms with Gasteiger partial charge in [0.05, 0.1) is 25.1 Å². The van der Waals surface area contributed by atoms with E-state index in [4.69, 9.17) is 14.6 Å². The molecular formula is C23H26FN3O2. The van der Waals surface area contributed by atoms with Crippen LogP contribution in [-0.4, -0.2) is 48.1 Å². The fraction of sp³-hybridized carbons (Fsp3) is 0.348. The number of nitrogens with zero attached hydrogens (tertiary/aromatic N) is 3. The number of para-hydroxylation sites is 1. The van der Waals surface area contributed by atoms with Gasteiger partial charge in [0.2, 0.25) is 0 Å². The molecule has 1 aliphatic heterocycles. The molecule has 1 atom stereocenters. The maximum atomic E-state index is 14.4. The van der Waals surface area contributed by atoms with E-state index in [1.54, 1.807) is 6.07 Å². The van der Waals surface area contributed by atoms with E-state index in [1.807, 2.05) is 35.1 Å². The highest BCUT2D eigenvalue weighted by molar-refractivity contribution is 5.64. The van der Waals surface area contributed by atoms with Gasteiger partial charge in [0.1, 0.15) is 0 Å². The molecule has 0 saturated carbocycles. The molecule has 1 aliphatic rings. The van der Waals surface area contributed by atoms with E-state index in [0.717, 1.165) is 47.7 Å². The van der Waals surface area contributed by atoms with Crippen LogP contribution in [0.5, 0.6) is 5.75 Å². The molecule has 3 aromatic rings. The highest BCUT2D eigenvalue weighted by atomic mass is 19.1. The Kier molecular flexibility index (Phi) is 5.65. The van der Waals surface area contributed by atoms with Crippen molar-refractivity contribution < 1.29 is 13.9 Å². The average Bonchev–Trinajstić information content (AvgIpc) is 3.38. The summed E-state index contributed by atoms with van der Waals surface area (Å²) in [6.45, 7) is 4.32. The molecule has 29 heavy (non-hydrogen) atoms. The second-order valence-electron chi connectivity index (χ2n) is 7.52. The van der Waals surface area contributed by atoms with Gasteiger partial charge < -0.3 is 9.47 Å². The molecule has 5 nitrogen and oxygen atoms in total. The molecule has 0 unspecified atom stereocenters. The molecule has 1 fully saturated rings. The zero-order chi connectivity index (χ0) is 20.4. The predicted molar refractivity (Wildman–Crippen MR) is 111 cm³/mol. The van der Waals surface area contributed by atoms with Gasteiger partial charge in [0.15, 0.2) is 11.6 Å². The Bertz CT molecular complexity index is 996. The van der Waals surface area contributed by atoms with E-state index in [-0.39, 0.29) is 11.6 Å². The van der Waals surface area contributed by atoms with Gasteiger partial charge in [0, 0.05) is 36.5 Å². The molecule has 0 amide bonds. The maximum absolute atomic E-state index is 14.4. The molecule has 0 N–H and O–H groups in total. The SMILES string of the molecule is COc1ccc(-c2nn(-c3ccccc3C)cc2CN(C)[C@@H]2CCOC2)cc1F. The van der Waals surface area contributed by atoms with Crippen LogP contribution in [0.1, 0.15) is 17.5 Å². The third-order valence-electron chi connectivity index (χ3n) is 5.53. The lowest BCUT2D eigenvalue weighted by Gasteiger charge is -2.22. The molecule has 1 aromatic heterocycles. The zero-order valence-electron chi connectivity index (χ0n) is 17.1. The van der Waals surface area contributed by atoms with Crippen molar-refractivity contribution in [1.82, 2.24) is 14.7 Å². The monoisotopic (exact) mass is 395 g/mol. The Labute approximate surface area is 170 Å². The van der Waals surface area contributed by atoms with E-state index in [0.29, 0.717) is 12.6 Å². The van der Waals surface area contributed by atoms with E-state index in [1.165, 1.54) is 13.2 Å². The second-order valence-corrected chi connectivity index (χ2v) is 7.52. The fourth-order valence-electron chi connectivity index (χ4n) is 3.79. The van der Waals surface area contributed by atoms with Crippen LogP contribution in [-0.2, 0) is 11.3 Å². The minimum absolute atomic E-state index is 0.230. The van der Waals surface area contributed by atoms with Crippen molar-refractivity contribution in [2.45, 2.75) is 25.9 Å². The van der Waals surface area contributed by atoms with Gasteiger partial charge in [-0.05, 0) is 50.2 Å². The van der Waals surface area contributed by atoms with Crippen LogP contribution in [0.15, 0.2) is 48.7 Å². The van der Waals surface area contributed by atoms with Gasteiger partial charge in [-0.2, -0.15) is 5.10 Å². The normalized spacial score (nSPS) is 16.5. The van der Waals surface area contributed by atoms with Crippen LogP contribution in [0, 0.1) is 12.7 Å². The van der Waals surface area contributed by atoms with E-state index in [9.17, 15) is 4.39 Å². The van der Waals surface area contributed by atoms with Crippen molar-refractivity contribution in [2.75, 3.05) is 27.4 Å². The third-order valence-corrected chi connectivity index (χ3v) is 5.53. The third kappa shape index (κ3) is 4.04. The van der Waals surface area contributed by atoms with Crippen molar-refractivity contribution in [2.24, 2.45) is 0 Å². The molecule has 6 heteroatoms. The lowest BCUT2D eigenvalue weighted by atomic mass is 10.1. The van der Waals surface area contributed by atoms with Crippen LogP contribution < -0.4 is 4.74 Å². The van der Waals surface area contributed by atoms with E-state index >= 15 is 0 Å². The summed E-state index contributed by atoms with van der Waals surface area (Å²) in [7, 11) is 3.57. The van der Waals surface area contributed by atoms with Crippen molar-refractivity contribution in [3.8, 4) is 22.7 Å². The van der Waals surface area contributed by atoms with E-state index in [2.05, 4.69) is 24.9 Å². The summed E-state index contributed by atoms with van der Waals surface area (Å²) < 4.78 is 26.9. The van der Waals surface area contributed by atoms with Crippen LogP contribution in [0.2, 0.25) is 0 Å². The molecule has 0 radical (unpaired) electrons. The molecule has 0 aliphatic carbocycles. The summed E-state index contributed by atoms with van der Waals surface area (Å²) >= 11 is 0. The first-order chi connectivity index (χ1) is 14.1. The molecule has 0 bridgehead atoms. The van der Waals surface area contributed by atoms with Gasteiger partial charge in [-0.1, -0.05) is 18.2 Å². The number of aryl methyl sites for hydroxylation is 1. The summed E-state index contributed by atoms with van der Waals surface area (Å²) in [4.78, 5) is 2.29. The number of benzene rings is 2. The first-order valence-corrected chi connectivity index (χ1v) is 9.83. The largest absolute Gasteiger partial charge is 0.494 e. The lowest BCUT2D eigenvalue weighted by molar-refractivity contribution is 0.156. The molecule has 2 heterocycles. The average molecular weight is 395 g/mol. The van der Waals surface area contributed by atoms with Crippen LogP contribution in [0.3, 0.4) is 0 Å². The van der Waals surface area contributed by atoms with Crippen LogP contribution >= 0.6 is 0 Å². The summed E-state index contributed by atoms with van der Waals surface area (Å²) in [6, 6.07) is 13.5. The first kappa shape index (κ1) is 19.6. The van der Waals surface area contributed by atoms with Crippen molar-refractivity contribution >= 4 is 0 Å². The van der Waals surface area contributed by atoms with Gasteiger partial charge in [-0.3, -0.25) is 4.90 Å². The minimum atomic E-state index is -0.390. The smallest absolute Gasteiger partial charge is 0.165 e. The number of halogens is 1. The number of ether oxygens (including phenoxy) is 2. The minimum Gasteiger partial charge on any atom is -0.494 e. The van der Waals surface area contributed by atoms with Gasteiger partial charge in [-0.25, -0.2) is 9.07 Å². The second kappa shape index (κ2) is 8.35. The topological polar surface area (TPSA) is 39.5 Å². The Morgan fingerprint density at radius 1 is 1.28 bits per heavy atom. The highest BCUT2D eigenvalue weighted by Gasteiger charge is 2.23. The molecular weight excluding hydrogens is 369 g/mol. The summed E-state index contributed by atoms with van der Waals surface area (Å²) in [5, 5.41) is 4.84. The maximum Gasteiger partial charge on any atom is 0.165 e. The van der Waals surface area contributed by atoms with Crippen LogP contribution in [0.4, 0.5) is 4.39 Å². The number of methoxy groups -OCH3 is 1. The number of hydrogen-bond donors (Lipinski definition) is 0. The Balaban J connectivity index is 1.75. The van der Waals surface area contributed by atoms with Crippen LogP contribution in [0.25, 0.3) is 16.9 Å². The Morgan fingerprint density at radius 3 is 2.79 bits per heavy atom. The quantitative estimate of drug-likeness (QED) is 0.627. The molecule has 4 rings (SSSR count). The number of likely N-dealkylation sites (N-methyl/N-ethyl adjacent to an activating group) is 1. The number of aromatic nitrogens is 2. The summed E-state index contributed by atoms with van der Waals surface area (Å²) in [6.07, 6.45) is 3.07. The number of hydrogen-bond acceptors (Lipinski definition) is 4. The Hall–Kier alpha value is -2.70. The molecule has 1 saturated heterocycles. The lowest BCUT2D eigenvalue weighted by Crippen LogP contribution is -2.31. The molecule has 2 aromatic carbocycles. The summed E-state index contributed by atoms with van der Waals surface area (Å²) in [5.74, 6) is -0.159. The fourth-order valence-corrected chi connectivity index (χ4v) is 3.79. The molecule has 0 spiro atoms. The van der Waals surface area contributed by atoms with Crippen molar-refractivity contribution in [1.29, 1.82) is 0 Å². The van der Waals surface area contributed by atoms with Gasteiger partial charge >= 0.3 is 0 Å². The van der Waals surface area contributed by atoms with Gasteiger partial charge in [-0.15, -0.1) is 0 Å². The predicted octanol–water partition coefficient (Wildman–Crippen LogP) is 4.22. The summed E-state index contributed by atoms with van der Waals surface area (Å²) in [5.41, 5.74) is 4.71. The van der Waals surface area contributed by atoms with Crippen molar-refractivity contribution in [3.05, 3.63) is 65.6 Å². The first-order valence-electron chi connectivity index (χ1n) is 9.83. The Morgan fingerprint density at radius 2 is 2.10 bits per heavy atom. The molecule has 152 valence electrons. The highest BCUT2D eigenvalue weighted by Crippen LogP contribution is 2.29.